The van der Waals surface area contributed by atoms with Gasteiger partial charge in [0.25, 0.3) is 11.6 Å². The van der Waals surface area contributed by atoms with E-state index in [1.165, 1.54) is 6.07 Å². The van der Waals surface area contributed by atoms with Crippen molar-refractivity contribution in [3.05, 3.63) is 37.4 Å². The Morgan fingerprint density at radius 1 is 1.52 bits per heavy atom. The van der Waals surface area contributed by atoms with Crippen molar-refractivity contribution >= 4 is 45.9 Å². The van der Waals surface area contributed by atoms with Gasteiger partial charge in [-0.2, -0.15) is 11.8 Å². The van der Waals surface area contributed by atoms with Gasteiger partial charge >= 0.3 is 0 Å². The van der Waals surface area contributed by atoms with Gasteiger partial charge in [0.1, 0.15) is 3.57 Å². The summed E-state index contributed by atoms with van der Waals surface area (Å²) in [6.07, 6.45) is 0. The molecule has 5 nitrogen and oxygen atoms in total. The number of thioether (sulfide) groups is 1. The molecule has 21 heavy (non-hydrogen) atoms. The molecule has 114 valence electrons. The zero-order chi connectivity index (χ0) is 15.6. The van der Waals surface area contributed by atoms with E-state index in [4.69, 9.17) is 0 Å². The number of amides is 1. The largest absolute Gasteiger partial charge is 0.337 e. The molecule has 1 aliphatic rings. The normalized spacial score (nSPS) is 18.9. The molecule has 2 rings (SSSR count). The van der Waals surface area contributed by atoms with Crippen LogP contribution in [0.1, 0.15) is 24.2 Å². The molecule has 1 atom stereocenters. The molecule has 0 aromatic heterocycles. The van der Waals surface area contributed by atoms with E-state index in [9.17, 15) is 14.9 Å². The van der Waals surface area contributed by atoms with Crippen LogP contribution in [0.2, 0.25) is 0 Å². The number of hydrogen-bond donors (Lipinski definition) is 0. The van der Waals surface area contributed by atoms with Crippen molar-refractivity contribution in [1.29, 1.82) is 0 Å². The average Bonchev–Trinajstić information content (AvgIpc) is 2.46. The van der Waals surface area contributed by atoms with Crippen LogP contribution >= 0.6 is 34.4 Å². The second-order valence-corrected chi connectivity index (χ2v) is 7.73. The van der Waals surface area contributed by atoms with Crippen LogP contribution in [-0.4, -0.2) is 39.8 Å². The Bertz CT molecular complexity index is 565. The van der Waals surface area contributed by atoms with Crippen molar-refractivity contribution in [2.45, 2.75) is 19.1 Å². The number of rotatable bonds is 3. The molecule has 0 bridgehead atoms. The van der Waals surface area contributed by atoms with Crippen LogP contribution in [0.25, 0.3) is 0 Å². The lowest BCUT2D eigenvalue weighted by Crippen LogP contribution is -2.43. The fourth-order valence-corrected chi connectivity index (χ4v) is 4.35. The van der Waals surface area contributed by atoms with Crippen molar-refractivity contribution < 1.29 is 9.72 Å². The van der Waals surface area contributed by atoms with Gasteiger partial charge in [-0.1, -0.05) is 19.9 Å². The summed E-state index contributed by atoms with van der Waals surface area (Å²) in [6.45, 7) is 5.72. The van der Waals surface area contributed by atoms with Gasteiger partial charge in [-0.15, -0.1) is 0 Å². The summed E-state index contributed by atoms with van der Waals surface area (Å²) in [6, 6.07) is 4.68. The molecule has 1 saturated heterocycles. The van der Waals surface area contributed by atoms with Crippen LogP contribution in [0, 0.1) is 19.6 Å². The molecule has 1 fully saturated rings. The maximum Gasteiger partial charge on any atom is 0.283 e. The molecular formula is C14H17IN2O3S. The maximum atomic E-state index is 12.7. The SMILES string of the molecule is CC(C)C1CN(C(=O)c2cccc([N+](=O)[O-])c2I)CCS1. The number of hydrogen-bond acceptors (Lipinski definition) is 4. The van der Waals surface area contributed by atoms with Crippen molar-refractivity contribution in [2.24, 2.45) is 5.92 Å². The first-order chi connectivity index (χ1) is 9.91. The van der Waals surface area contributed by atoms with Gasteiger partial charge in [0.15, 0.2) is 0 Å². The summed E-state index contributed by atoms with van der Waals surface area (Å²) in [5.41, 5.74) is 0.424. The fourth-order valence-electron chi connectivity index (χ4n) is 2.26. The number of nitro groups is 1. The third kappa shape index (κ3) is 3.68. The molecule has 1 unspecified atom stereocenters. The Labute approximate surface area is 141 Å². The standard InChI is InChI=1S/C14H17IN2O3S/c1-9(2)12-8-16(6-7-21-12)14(18)10-4-3-5-11(13(10)15)17(19)20/h3-5,9,12H,6-8H2,1-2H3. The maximum absolute atomic E-state index is 12.7. The second-order valence-electron chi connectivity index (χ2n) is 5.30. The zero-order valence-corrected chi connectivity index (χ0v) is 14.9. The molecule has 0 saturated carbocycles. The summed E-state index contributed by atoms with van der Waals surface area (Å²) in [4.78, 5) is 25.0. The number of nitrogens with zero attached hydrogens (tertiary/aromatic N) is 2. The van der Waals surface area contributed by atoms with Crippen LogP contribution in [-0.2, 0) is 0 Å². The quantitative estimate of drug-likeness (QED) is 0.427. The summed E-state index contributed by atoms with van der Waals surface area (Å²) >= 11 is 3.79. The van der Waals surface area contributed by atoms with Gasteiger partial charge in [-0.25, -0.2) is 0 Å². The highest BCUT2D eigenvalue weighted by atomic mass is 127. The van der Waals surface area contributed by atoms with Gasteiger partial charge in [-0.05, 0) is 34.6 Å². The minimum absolute atomic E-state index is 0.00626. The van der Waals surface area contributed by atoms with E-state index >= 15 is 0 Å². The predicted molar refractivity (Wildman–Crippen MR) is 92.8 cm³/mol. The molecule has 0 N–H and O–H groups in total. The van der Waals surface area contributed by atoms with Gasteiger partial charge < -0.3 is 4.90 Å². The smallest absolute Gasteiger partial charge is 0.283 e. The monoisotopic (exact) mass is 420 g/mol. The number of benzene rings is 1. The van der Waals surface area contributed by atoms with Crippen LogP contribution < -0.4 is 0 Å². The van der Waals surface area contributed by atoms with E-state index in [0.717, 1.165) is 5.75 Å². The summed E-state index contributed by atoms with van der Waals surface area (Å²) < 4.78 is 0.421. The molecule has 7 heteroatoms. The Hall–Kier alpha value is -0.830. The molecule has 1 aromatic carbocycles. The minimum Gasteiger partial charge on any atom is -0.337 e. The second kappa shape index (κ2) is 6.95. The number of carbonyl (C=O) groups excluding carboxylic acids is 1. The highest BCUT2D eigenvalue weighted by molar-refractivity contribution is 14.1. The molecule has 0 aliphatic carbocycles. The minimum atomic E-state index is -0.443. The van der Waals surface area contributed by atoms with Crippen LogP contribution in [0.5, 0.6) is 0 Å². The van der Waals surface area contributed by atoms with Crippen molar-refractivity contribution in [3.8, 4) is 0 Å². The first-order valence-corrected chi connectivity index (χ1v) is 8.88. The van der Waals surface area contributed by atoms with E-state index in [1.807, 2.05) is 39.3 Å². The molecular weight excluding hydrogens is 403 g/mol. The fraction of sp³-hybridized carbons (Fsp3) is 0.500. The van der Waals surface area contributed by atoms with Gasteiger partial charge in [0, 0.05) is 30.2 Å². The van der Waals surface area contributed by atoms with Crippen molar-refractivity contribution in [1.82, 2.24) is 4.90 Å². The summed E-state index contributed by atoms with van der Waals surface area (Å²) in [7, 11) is 0. The van der Waals surface area contributed by atoms with Crippen molar-refractivity contribution in [2.75, 3.05) is 18.8 Å². The van der Waals surface area contributed by atoms with E-state index in [-0.39, 0.29) is 11.6 Å². The number of carbonyl (C=O) groups is 1. The summed E-state index contributed by atoms with van der Waals surface area (Å²) in [5, 5.41) is 11.4. The number of halogens is 1. The Kier molecular flexibility index (Phi) is 5.48. The zero-order valence-electron chi connectivity index (χ0n) is 11.9. The molecule has 1 heterocycles. The van der Waals surface area contributed by atoms with Gasteiger partial charge in [0.2, 0.25) is 0 Å². The van der Waals surface area contributed by atoms with E-state index in [1.54, 1.807) is 12.1 Å². The molecule has 1 aromatic rings. The first kappa shape index (κ1) is 16.5. The highest BCUT2D eigenvalue weighted by Crippen LogP contribution is 2.29. The lowest BCUT2D eigenvalue weighted by atomic mass is 10.1. The van der Waals surface area contributed by atoms with E-state index in [0.29, 0.717) is 33.4 Å². The Balaban J connectivity index is 2.24. The van der Waals surface area contributed by atoms with Crippen molar-refractivity contribution in [3.63, 3.8) is 0 Å². The topological polar surface area (TPSA) is 63.5 Å². The summed E-state index contributed by atoms with van der Waals surface area (Å²) in [5.74, 6) is 1.32. The Morgan fingerprint density at radius 3 is 2.86 bits per heavy atom. The van der Waals surface area contributed by atoms with Gasteiger partial charge in [-0.3, -0.25) is 14.9 Å². The molecule has 1 amide bonds. The lowest BCUT2D eigenvalue weighted by Gasteiger charge is -2.34. The number of nitro benzene ring substituents is 1. The Morgan fingerprint density at radius 2 is 2.24 bits per heavy atom. The van der Waals surface area contributed by atoms with Gasteiger partial charge in [0.05, 0.1) is 10.5 Å². The molecule has 0 radical (unpaired) electrons. The first-order valence-electron chi connectivity index (χ1n) is 6.75. The molecule has 1 aliphatic heterocycles. The highest BCUT2D eigenvalue weighted by Gasteiger charge is 2.29. The van der Waals surface area contributed by atoms with Crippen LogP contribution in [0.4, 0.5) is 5.69 Å². The third-order valence-corrected chi connectivity index (χ3v) is 6.20. The predicted octanol–water partition coefficient (Wildman–Crippen LogP) is 3.41. The van der Waals surface area contributed by atoms with E-state index < -0.39 is 4.92 Å². The average molecular weight is 420 g/mol. The van der Waals surface area contributed by atoms with Crippen LogP contribution in [0.3, 0.4) is 0 Å². The van der Waals surface area contributed by atoms with Crippen LogP contribution in [0.15, 0.2) is 18.2 Å². The molecule has 0 spiro atoms. The van der Waals surface area contributed by atoms with E-state index in [2.05, 4.69) is 13.8 Å². The third-order valence-electron chi connectivity index (χ3n) is 3.53. The lowest BCUT2D eigenvalue weighted by molar-refractivity contribution is -0.385.